The van der Waals surface area contributed by atoms with Crippen LogP contribution in [0.2, 0.25) is 0 Å². The minimum Gasteiger partial charge on any atom is -0.458 e. The van der Waals surface area contributed by atoms with Crippen LogP contribution in [0, 0.1) is 23.7 Å². The quantitative estimate of drug-likeness (QED) is 0.449. The molecule has 0 saturated carbocycles. The van der Waals surface area contributed by atoms with Gasteiger partial charge in [-0.2, -0.15) is 0 Å². The number of hydrogen-bond acceptors (Lipinski definition) is 11. The van der Waals surface area contributed by atoms with Crippen molar-refractivity contribution in [2.45, 2.75) is 134 Å². The van der Waals surface area contributed by atoms with E-state index in [-0.39, 0.29) is 24.0 Å². The standard InChI is InChI=1S/C32H53N3O9/c1-11-22-31(8)25-18(4)23(33-12-13-35(25)29(38)43-31)16(2)15-30(7)26(19(5)32(39,44-30)20(6)27(37)41-22)42-28-24(36)21(34(9)10)14-17(3)40-28/h16-22,24-26,28,36,39H,11-15H2,1-10H3/t16-,17-,18+,19-,20+,21+,22+,24-,25-,26-,28+,30+,31-,32?/m1/s1. The number of aliphatic hydroxyl groups is 2. The van der Waals surface area contributed by atoms with Gasteiger partial charge < -0.3 is 38.8 Å². The zero-order chi connectivity index (χ0) is 32.5. The monoisotopic (exact) mass is 623 g/mol. The second-order valence-corrected chi connectivity index (χ2v) is 14.5. The molecule has 0 aromatic heterocycles. The first-order chi connectivity index (χ1) is 20.5. The summed E-state index contributed by atoms with van der Waals surface area (Å²) in [6.07, 6.45) is -2.55. The minimum atomic E-state index is -1.95. The molecule has 12 heteroatoms. The van der Waals surface area contributed by atoms with E-state index in [4.69, 9.17) is 28.7 Å². The molecule has 4 saturated heterocycles. The highest BCUT2D eigenvalue weighted by Gasteiger charge is 2.66. The second kappa shape index (κ2) is 11.8. The summed E-state index contributed by atoms with van der Waals surface area (Å²) in [6.45, 7) is 15.9. The molecule has 5 aliphatic rings. The number of hydrogen-bond donors (Lipinski definition) is 2. The van der Waals surface area contributed by atoms with Crippen molar-refractivity contribution in [3.63, 3.8) is 0 Å². The Bertz CT molecular complexity index is 1150. The summed E-state index contributed by atoms with van der Waals surface area (Å²) >= 11 is 0. The van der Waals surface area contributed by atoms with Gasteiger partial charge in [0.05, 0.1) is 30.4 Å². The molecule has 5 heterocycles. The molecule has 1 amide bonds. The van der Waals surface area contributed by atoms with Gasteiger partial charge >= 0.3 is 12.1 Å². The lowest BCUT2D eigenvalue weighted by Crippen LogP contribution is -2.58. The van der Waals surface area contributed by atoms with E-state index in [1.807, 2.05) is 46.7 Å². The van der Waals surface area contributed by atoms with Gasteiger partial charge in [0.15, 0.2) is 17.7 Å². The maximum Gasteiger partial charge on any atom is 0.410 e. The number of carbonyl (C=O) groups excluding carboxylic acids is 2. The Morgan fingerprint density at radius 2 is 1.82 bits per heavy atom. The minimum absolute atomic E-state index is 0.144. The first kappa shape index (κ1) is 33.5. The van der Waals surface area contributed by atoms with Gasteiger partial charge in [0.2, 0.25) is 0 Å². The lowest BCUT2D eigenvalue weighted by atomic mass is 9.74. The van der Waals surface area contributed by atoms with Crippen LogP contribution in [0.25, 0.3) is 0 Å². The molecule has 12 nitrogen and oxygen atoms in total. The number of aliphatic imine (C=N–C) groups is 1. The molecule has 0 spiro atoms. The number of ether oxygens (including phenoxy) is 5. The Kier molecular flexibility index (Phi) is 8.96. The van der Waals surface area contributed by atoms with Crippen molar-refractivity contribution in [2.75, 3.05) is 27.2 Å². The molecule has 44 heavy (non-hydrogen) atoms. The van der Waals surface area contributed by atoms with Crippen LogP contribution >= 0.6 is 0 Å². The van der Waals surface area contributed by atoms with Gasteiger partial charge in [-0.25, -0.2) is 4.79 Å². The third-order valence-corrected chi connectivity index (χ3v) is 11.2. The average Bonchev–Trinajstić information content (AvgIpc) is 3.20. The Hall–Kier alpha value is -1.83. The van der Waals surface area contributed by atoms with E-state index in [9.17, 15) is 19.8 Å². The van der Waals surface area contributed by atoms with E-state index < -0.39 is 71.5 Å². The largest absolute Gasteiger partial charge is 0.458 e. The van der Waals surface area contributed by atoms with Crippen LogP contribution in [0.3, 0.4) is 0 Å². The zero-order valence-corrected chi connectivity index (χ0v) is 28.0. The molecule has 0 aromatic carbocycles. The van der Waals surface area contributed by atoms with Crippen LogP contribution in [0.4, 0.5) is 4.79 Å². The molecule has 5 aliphatic heterocycles. The molecule has 4 fully saturated rings. The number of esters is 1. The topological polar surface area (TPSA) is 140 Å². The van der Waals surface area contributed by atoms with Crippen LogP contribution in [-0.2, 0) is 28.5 Å². The summed E-state index contributed by atoms with van der Waals surface area (Å²) in [5, 5.41) is 23.5. The lowest BCUT2D eigenvalue weighted by molar-refractivity contribution is -0.285. The fourth-order valence-electron chi connectivity index (χ4n) is 8.88. The Morgan fingerprint density at radius 1 is 1.14 bits per heavy atom. The van der Waals surface area contributed by atoms with Gasteiger partial charge in [-0.3, -0.25) is 14.7 Å². The number of likely N-dealkylation sites (N-methyl/N-ethyl adjacent to an activating group) is 1. The van der Waals surface area contributed by atoms with Gasteiger partial charge in [-0.05, 0) is 67.0 Å². The van der Waals surface area contributed by atoms with E-state index in [1.165, 1.54) is 0 Å². The number of carbonyl (C=O) groups is 2. The smallest absolute Gasteiger partial charge is 0.410 e. The number of rotatable bonds is 4. The molecule has 5 rings (SSSR count). The molecular weight excluding hydrogens is 570 g/mol. The van der Waals surface area contributed by atoms with E-state index in [0.717, 1.165) is 5.71 Å². The maximum atomic E-state index is 13.9. The SMILES string of the molecule is CC[C@@H]1OC(=O)[C@H](C)C2(O)O[C@@](C)(C[C@@H](C)C3=NCCN4C(=O)O[C@@]1(C)[C@H]4[C@H]3C)[C@H](O[C@@H]1O[C@H](C)C[C@H](N(C)C)[C@H]1O)[C@H]2C. The number of fused-ring (bicyclic) bond motifs is 3. The van der Waals surface area contributed by atoms with Crippen molar-refractivity contribution in [3.8, 4) is 0 Å². The van der Waals surface area contributed by atoms with Gasteiger partial charge in [0.25, 0.3) is 0 Å². The number of amides is 1. The predicted octanol–water partition coefficient (Wildman–Crippen LogP) is 2.58. The van der Waals surface area contributed by atoms with Crippen LogP contribution < -0.4 is 0 Å². The molecule has 0 aromatic rings. The molecule has 14 atom stereocenters. The molecular formula is C32H53N3O9. The van der Waals surface area contributed by atoms with E-state index in [2.05, 4.69) is 13.8 Å². The van der Waals surface area contributed by atoms with Gasteiger partial charge in [-0.1, -0.05) is 27.7 Å². The summed E-state index contributed by atoms with van der Waals surface area (Å²) in [6, 6.07) is -0.583. The van der Waals surface area contributed by atoms with E-state index in [0.29, 0.717) is 32.4 Å². The average molecular weight is 624 g/mol. The second-order valence-electron chi connectivity index (χ2n) is 14.5. The summed E-state index contributed by atoms with van der Waals surface area (Å²) in [5.74, 6) is -4.76. The Morgan fingerprint density at radius 3 is 2.45 bits per heavy atom. The van der Waals surface area contributed by atoms with Crippen LogP contribution in [-0.4, -0.2) is 125 Å². The Balaban J connectivity index is 1.57. The highest BCUT2D eigenvalue weighted by atomic mass is 16.7. The summed E-state index contributed by atoms with van der Waals surface area (Å²) < 4.78 is 31.6. The lowest BCUT2D eigenvalue weighted by Gasteiger charge is -2.44. The summed E-state index contributed by atoms with van der Waals surface area (Å²) in [5.41, 5.74) is -1.30. The molecule has 0 radical (unpaired) electrons. The van der Waals surface area contributed by atoms with E-state index >= 15 is 0 Å². The van der Waals surface area contributed by atoms with Crippen molar-refractivity contribution in [3.05, 3.63) is 0 Å². The first-order valence-electron chi connectivity index (χ1n) is 16.3. The summed E-state index contributed by atoms with van der Waals surface area (Å²) in [7, 11) is 3.83. The molecule has 4 bridgehead atoms. The third-order valence-electron chi connectivity index (χ3n) is 11.2. The van der Waals surface area contributed by atoms with Crippen molar-refractivity contribution in [2.24, 2.45) is 28.7 Å². The van der Waals surface area contributed by atoms with Gasteiger partial charge in [-0.15, -0.1) is 0 Å². The van der Waals surface area contributed by atoms with Crippen LogP contribution in [0.15, 0.2) is 4.99 Å². The van der Waals surface area contributed by atoms with Crippen LogP contribution in [0.1, 0.15) is 74.7 Å². The predicted molar refractivity (Wildman–Crippen MR) is 161 cm³/mol. The number of nitrogens with zero attached hydrogens (tertiary/aromatic N) is 3. The van der Waals surface area contributed by atoms with Crippen molar-refractivity contribution in [1.82, 2.24) is 9.80 Å². The van der Waals surface area contributed by atoms with Crippen molar-refractivity contribution >= 4 is 17.8 Å². The third kappa shape index (κ3) is 5.27. The summed E-state index contributed by atoms with van der Waals surface area (Å²) in [4.78, 5) is 35.7. The van der Waals surface area contributed by atoms with Gasteiger partial charge in [0.1, 0.15) is 18.1 Å². The highest BCUT2D eigenvalue weighted by Crippen LogP contribution is 2.52. The van der Waals surface area contributed by atoms with Crippen molar-refractivity contribution in [1.29, 1.82) is 0 Å². The molecule has 1 unspecified atom stereocenters. The zero-order valence-electron chi connectivity index (χ0n) is 28.0. The molecule has 2 N–H and O–H groups in total. The maximum absolute atomic E-state index is 13.9. The first-order valence-corrected chi connectivity index (χ1v) is 16.3. The Labute approximate surface area is 261 Å². The van der Waals surface area contributed by atoms with Crippen molar-refractivity contribution < 1.29 is 43.5 Å². The fraction of sp³-hybridized carbons (Fsp3) is 0.906. The van der Waals surface area contributed by atoms with E-state index in [1.54, 1.807) is 18.7 Å². The normalized spacial score (nSPS) is 49.8. The fourth-order valence-corrected chi connectivity index (χ4v) is 8.88. The molecule has 0 aliphatic carbocycles. The number of aliphatic hydroxyl groups excluding tert-OH is 1. The molecule has 250 valence electrons. The highest BCUT2D eigenvalue weighted by molar-refractivity contribution is 5.91. The van der Waals surface area contributed by atoms with Gasteiger partial charge in [0, 0.05) is 30.1 Å². The number of cyclic esters (lactones) is 1. The van der Waals surface area contributed by atoms with Crippen LogP contribution in [0.5, 0.6) is 0 Å².